The largest absolute Gasteiger partial charge is 0.457 e. The molecule has 3 heterocycles. The second-order valence-electron chi connectivity index (χ2n) is 13.3. The smallest absolute Gasteiger partial charge is 0.266 e. The Balaban J connectivity index is 0.972. The van der Waals surface area contributed by atoms with Gasteiger partial charge in [-0.15, -0.1) is 0 Å². The maximum absolute atomic E-state index is 13.3. The Labute approximate surface area is 341 Å². The molecular weight excluding hydrogens is 787 g/mol. The number of carbonyl (C=O) groups excluding carboxylic acids is 6. The number of azide groups is 2. The van der Waals surface area contributed by atoms with Crippen molar-refractivity contribution < 1.29 is 42.7 Å². The molecule has 7 aromatic rings. The molecule has 61 heavy (non-hydrogen) atoms. The average Bonchev–Trinajstić information content (AvgIpc) is 3.90. The summed E-state index contributed by atoms with van der Waals surface area (Å²) in [6.45, 7) is 0. The molecule has 6 amide bonds. The molecule has 0 saturated carbocycles. The zero-order valence-corrected chi connectivity index (χ0v) is 30.8. The van der Waals surface area contributed by atoms with Gasteiger partial charge in [-0.25, -0.2) is 14.8 Å². The van der Waals surface area contributed by atoms with E-state index in [0.29, 0.717) is 39.7 Å². The number of hydrogen-bond acceptors (Lipinski definition) is 10. The van der Waals surface area contributed by atoms with Crippen LogP contribution in [0.3, 0.4) is 0 Å². The molecule has 292 valence electrons. The van der Waals surface area contributed by atoms with Crippen LogP contribution < -0.4 is 19.3 Å². The molecular formula is C43H21N9O9. The topological polar surface area (TPSA) is 251 Å². The number of oxazole rings is 1. The second-order valence-corrected chi connectivity index (χ2v) is 13.3. The third kappa shape index (κ3) is 6.71. The lowest BCUT2D eigenvalue weighted by molar-refractivity contribution is 0.0910. The number of anilines is 2. The van der Waals surface area contributed by atoms with Crippen LogP contribution in [0.25, 0.3) is 43.4 Å². The van der Waals surface area contributed by atoms with E-state index in [-0.39, 0.29) is 50.6 Å². The van der Waals surface area contributed by atoms with Crippen LogP contribution in [-0.4, -0.2) is 40.4 Å². The molecule has 2 aliphatic heterocycles. The number of hydrogen-bond donors (Lipinski definition) is 0. The third-order valence-electron chi connectivity index (χ3n) is 9.62. The molecule has 0 N–H and O–H groups in total. The molecule has 0 bridgehead atoms. The molecule has 0 aliphatic carbocycles. The van der Waals surface area contributed by atoms with Gasteiger partial charge in [0, 0.05) is 32.6 Å². The van der Waals surface area contributed by atoms with Crippen LogP contribution in [-0.2, 0) is 0 Å². The molecule has 2 aliphatic rings. The highest BCUT2D eigenvalue weighted by atomic mass is 16.5. The number of fused-ring (bicyclic) bond motifs is 3. The first kappa shape index (κ1) is 37.2. The summed E-state index contributed by atoms with van der Waals surface area (Å²) in [6.07, 6.45) is 0. The van der Waals surface area contributed by atoms with Crippen molar-refractivity contribution in [3.8, 4) is 34.5 Å². The van der Waals surface area contributed by atoms with Crippen LogP contribution in [0.4, 0.5) is 11.4 Å². The lowest BCUT2D eigenvalue weighted by atomic mass is 10.1. The maximum Gasteiger partial charge on any atom is 0.266 e. The van der Waals surface area contributed by atoms with Crippen LogP contribution in [0.5, 0.6) is 23.0 Å². The summed E-state index contributed by atoms with van der Waals surface area (Å²) < 4.78 is 18.5. The molecule has 1 aromatic heterocycles. The van der Waals surface area contributed by atoms with Gasteiger partial charge in [-0.3, -0.25) is 28.8 Å². The Kier molecular flexibility index (Phi) is 9.06. The summed E-state index contributed by atoms with van der Waals surface area (Å²) in [5.74, 6) is -2.81. The zero-order valence-electron chi connectivity index (χ0n) is 30.8. The summed E-state index contributed by atoms with van der Waals surface area (Å²) in [5, 5.41) is 6.09. The molecule has 0 atom stereocenters. The van der Waals surface area contributed by atoms with Gasteiger partial charge in [-0.1, -0.05) is 24.3 Å². The fourth-order valence-electron chi connectivity index (χ4n) is 6.82. The van der Waals surface area contributed by atoms with Crippen molar-refractivity contribution >= 4 is 57.9 Å². The molecule has 0 unspecified atom stereocenters. The van der Waals surface area contributed by atoms with Crippen molar-refractivity contribution in [2.45, 2.75) is 0 Å². The van der Waals surface area contributed by atoms with Crippen LogP contribution in [0.15, 0.2) is 142 Å². The first-order chi connectivity index (χ1) is 29.6. The molecule has 6 aromatic carbocycles. The Morgan fingerprint density at radius 2 is 1.00 bits per heavy atom. The van der Waals surface area contributed by atoms with E-state index < -0.39 is 35.4 Å². The van der Waals surface area contributed by atoms with Gasteiger partial charge in [-0.05, 0) is 118 Å². The minimum absolute atomic E-state index is 0.0108. The van der Waals surface area contributed by atoms with Gasteiger partial charge in [-0.2, -0.15) is 0 Å². The van der Waals surface area contributed by atoms with Crippen LogP contribution in [0.2, 0.25) is 0 Å². The molecule has 18 nitrogen and oxygen atoms in total. The van der Waals surface area contributed by atoms with Crippen molar-refractivity contribution in [1.29, 1.82) is 0 Å². The van der Waals surface area contributed by atoms with Crippen molar-refractivity contribution in [2.24, 2.45) is 10.2 Å². The normalized spacial score (nSPS) is 12.8. The first-order valence-electron chi connectivity index (χ1n) is 17.9. The number of amides is 6. The third-order valence-corrected chi connectivity index (χ3v) is 9.62. The molecule has 0 saturated heterocycles. The monoisotopic (exact) mass is 807 g/mol. The van der Waals surface area contributed by atoms with Crippen molar-refractivity contribution in [3.63, 3.8) is 0 Å². The van der Waals surface area contributed by atoms with Crippen LogP contribution >= 0.6 is 0 Å². The van der Waals surface area contributed by atoms with Crippen LogP contribution in [0, 0.1) is 0 Å². The van der Waals surface area contributed by atoms with Gasteiger partial charge in [0.05, 0.1) is 33.6 Å². The van der Waals surface area contributed by atoms with E-state index >= 15 is 0 Å². The van der Waals surface area contributed by atoms with Gasteiger partial charge >= 0.3 is 0 Å². The fraction of sp³-hybridized carbons (Fsp3) is 0. The number of carbonyl (C=O) groups is 6. The minimum atomic E-state index is -0.890. The molecule has 9 rings (SSSR count). The van der Waals surface area contributed by atoms with Gasteiger partial charge in [0.1, 0.15) is 28.5 Å². The zero-order chi connectivity index (χ0) is 42.4. The lowest BCUT2D eigenvalue weighted by Crippen LogP contribution is -2.29. The maximum atomic E-state index is 13.3. The SMILES string of the molecule is [N-]=[N+]=NC(=O)c1ccc2c(c1)C(=O)N(c1ccc(Oc3cc(Oc4ccc(N5C(=O)c6ccc(C(=O)N=[N+]=[N-])cc6C5=O)cc4)cc(-c4nc5ccccc5o4)c3)cc1)C2=O. The van der Waals surface area contributed by atoms with Crippen molar-refractivity contribution in [3.05, 3.63) is 182 Å². The summed E-state index contributed by atoms with van der Waals surface area (Å²) in [6, 6.07) is 32.2. The number of aromatic nitrogens is 1. The van der Waals surface area contributed by atoms with Gasteiger partial charge < -0.3 is 13.9 Å². The standard InChI is InChI=1S/C43H21N9O9/c44-49-47-37(53)22-5-15-31-33(19-22)42(57)51(40(31)55)25-7-11-27(12-8-25)59-29-17-24(39-46-35-3-1-2-4-36(35)61-39)18-30(21-29)60-28-13-9-26(10-14-28)52-41(56)32-16-6-23(38(54)48-50-45)20-34(32)43(52)58/h1-21H. The molecule has 0 radical (unpaired) electrons. The average molecular weight is 808 g/mol. The Morgan fingerprint density at radius 1 is 0.541 bits per heavy atom. The predicted octanol–water partition coefficient (Wildman–Crippen LogP) is 9.58. The minimum Gasteiger partial charge on any atom is -0.457 e. The van der Waals surface area contributed by atoms with E-state index in [1.807, 2.05) is 12.1 Å². The van der Waals surface area contributed by atoms with Gasteiger partial charge in [0.15, 0.2) is 5.58 Å². The van der Waals surface area contributed by atoms with E-state index in [0.717, 1.165) is 9.80 Å². The van der Waals surface area contributed by atoms with E-state index in [1.54, 1.807) is 54.6 Å². The van der Waals surface area contributed by atoms with Gasteiger partial charge in [0.2, 0.25) is 17.7 Å². The van der Waals surface area contributed by atoms with Crippen molar-refractivity contribution in [2.75, 3.05) is 9.80 Å². The Morgan fingerprint density at radius 3 is 1.46 bits per heavy atom. The van der Waals surface area contributed by atoms with Crippen molar-refractivity contribution in [1.82, 2.24) is 4.98 Å². The first-order valence-corrected chi connectivity index (χ1v) is 17.9. The Bertz CT molecular complexity index is 2980. The van der Waals surface area contributed by atoms with Crippen LogP contribution in [0.1, 0.15) is 62.1 Å². The van der Waals surface area contributed by atoms with E-state index in [1.165, 1.54) is 60.7 Å². The fourth-order valence-corrected chi connectivity index (χ4v) is 6.82. The highest BCUT2D eigenvalue weighted by molar-refractivity contribution is 6.35. The van der Waals surface area contributed by atoms with E-state index in [4.69, 9.17) is 25.0 Å². The highest BCUT2D eigenvalue weighted by Crippen LogP contribution is 2.38. The number of benzene rings is 6. The summed E-state index contributed by atoms with van der Waals surface area (Å²) in [5.41, 5.74) is 19.4. The number of rotatable bonds is 9. The molecule has 18 heteroatoms. The number of imide groups is 2. The highest BCUT2D eigenvalue weighted by Gasteiger charge is 2.38. The summed E-state index contributed by atoms with van der Waals surface area (Å²) in [7, 11) is 0. The summed E-state index contributed by atoms with van der Waals surface area (Å²) in [4.78, 5) is 88.8. The quantitative estimate of drug-likeness (QED) is 0.0577. The van der Waals surface area contributed by atoms with E-state index in [2.05, 4.69) is 25.0 Å². The number of nitrogens with zero attached hydrogens (tertiary/aromatic N) is 9. The second kappa shape index (κ2) is 14.9. The molecule has 0 fully saturated rings. The summed E-state index contributed by atoms with van der Waals surface area (Å²) >= 11 is 0. The van der Waals surface area contributed by atoms with Gasteiger partial charge in [0.25, 0.3) is 23.6 Å². The molecule has 0 spiro atoms. The Hall–Kier alpha value is -9.37. The lowest BCUT2D eigenvalue weighted by Gasteiger charge is -2.16. The predicted molar refractivity (Wildman–Crippen MR) is 215 cm³/mol. The van der Waals surface area contributed by atoms with E-state index in [9.17, 15) is 28.8 Å². The number of para-hydroxylation sites is 2. The number of ether oxygens (including phenoxy) is 2.